The van der Waals surface area contributed by atoms with Gasteiger partial charge in [0.1, 0.15) is 11.5 Å². The number of ether oxygens (including phenoxy) is 1. The summed E-state index contributed by atoms with van der Waals surface area (Å²) in [6, 6.07) is 26.3. The number of rotatable bonds is 4. The molecule has 1 N–H and O–H groups in total. The summed E-state index contributed by atoms with van der Waals surface area (Å²) in [6.07, 6.45) is 8.82. The zero-order valence-electron chi connectivity index (χ0n) is 23.5. The molecule has 1 aliphatic rings. The first-order valence-corrected chi connectivity index (χ1v) is 16.6. The molecule has 0 atom stereocenters. The van der Waals surface area contributed by atoms with Gasteiger partial charge >= 0.3 is 95.6 Å². The van der Waals surface area contributed by atoms with E-state index in [0.717, 1.165) is 12.0 Å². The molecule has 0 amide bonds. The average Bonchev–Trinajstić information content (AvgIpc) is 3.41. The first kappa shape index (κ1) is 36.1. The van der Waals surface area contributed by atoms with Gasteiger partial charge in [0.25, 0.3) is 0 Å². The van der Waals surface area contributed by atoms with Crippen LogP contribution in [-0.4, -0.2) is 24.1 Å². The molecule has 3 aromatic carbocycles. The molecule has 38 heavy (non-hydrogen) atoms. The number of phenolic OH excluding ortho intramolecular Hbond substituents is 1. The van der Waals surface area contributed by atoms with Crippen LogP contribution >= 0.6 is 24.8 Å². The molecule has 0 fully saturated rings. The van der Waals surface area contributed by atoms with Crippen molar-refractivity contribution in [2.45, 2.75) is 52.2 Å². The van der Waals surface area contributed by atoms with E-state index in [9.17, 15) is 5.11 Å². The van der Waals surface area contributed by atoms with Crippen LogP contribution in [0.2, 0.25) is 19.6 Å². The van der Waals surface area contributed by atoms with Gasteiger partial charge in [-0.2, -0.15) is 6.08 Å². The van der Waals surface area contributed by atoms with Gasteiger partial charge in [0.15, 0.2) is 0 Å². The molecule has 0 bridgehead atoms. The second-order valence-electron chi connectivity index (χ2n) is 10.7. The van der Waals surface area contributed by atoms with Crippen molar-refractivity contribution in [3.05, 3.63) is 119 Å². The van der Waals surface area contributed by atoms with E-state index >= 15 is 0 Å². The number of methoxy groups -OCH3 is 1. The van der Waals surface area contributed by atoms with Crippen molar-refractivity contribution in [1.82, 2.24) is 0 Å². The third-order valence-electron chi connectivity index (χ3n) is 5.62. The van der Waals surface area contributed by atoms with Crippen LogP contribution < -0.4 is 4.74 Å². The summed E-state index contributed by atoms with van der Waals surface area (Å²) in [5.41, 5.74) is 3.69. The Bertz CT molecular complexity index is 1140. The molecule has 0 heterocycles. The van der Waals surface area contributed by atoms with Crippen LogP contribution in [0.5, 0.6) is 11.5 Å². The van der Waals surface area contributed by atoms with Crippen molar-refractivity contribution in [2.75, 3.05) is 7.11 Å². The summed E-state index contributed by atoms with van der Waals surface area (Å²) >= 11 is 2.16. The van der Waals surface area contributed by atoms with Crippen molar-refractivity contribution in [3.63, 3.8) is 0 Å². The van der Waals surface area contributed by atoms with Crippen molar-refractivity contribution in [2.24, 2.45) is 0 Å². The summed E-state index contributed by atoms with van der Waals surface area (Å²) in [5, 5.41) is 10.9. The monoisotopic (exact) mass is 603 g/mol. The van der Waals surface area contributed by atoms with E-state index in [1.807, 2.05) is 18.2 Å². The maximum absolute atomic E-state index is 9.41. The van der Waals surface area contributed by atoms with Crippen LogP contribution in [0.3, 0.4) is 0 Å². The number of hydrogen-bond donors (Lipinski definition) is 1. The first-order valence-electron chi connectivity index (χ1n) is 12.3. The Morgan fingerprint density at radius 2 is 1.37 bits per heavy atom. The average molecular weight is 605 g/mol. The topological polar surface area (TPSA) is 29.5 Å². The standard InChI is InChI=1S/C13H10.C11H16O2.C8H13Si.2ClH.Ti/c1-3-7-12(8-4-1)11-13-9-5-2-6-10-13;1-11(2,3)8-5-9(12)7-10(6-8)13-4;1-9(2,3)8-6-4-5-7-8;;;/h1-10H;5-7,12H,1-4H3;4,6H,5H2,1-3H3;2*1H;/q;;-1;;;+1. The van der Waals surface area contributed by atoms with Gasteiger partial charge in [-0.05, 0) is 23.1 Å². The van der Waals surface area contributed by atoms with Gasteiger partial charge in [-0.25, -0.2) is 11.3 Å². The summed E-state index contributed by atoms with van der Waals surface area (Å²) in [4.78, 5) is 0. The van der Waals surface area contributed by atoms with Gasteiger partial charge in [-0.3, -0.25) is 6.08 Å². The SMILES string of the molecule is COc1cc(O)cc(C(C)(C)C)c1.C[Si](C)(C)C1=[C-]CC=C1.Cl.Cl.[Ti+]=[C](c1ccccc1)c1ccccc1. The van der Waals surface area contributed by atoms with E-state index < -0.39 is 8.07 Å². The van der Waals surface area contributed by atoms with E-state index in [-0.39, 0.29) is 36.0 Å². The van der Waals surface area contributed by atoms with Gasteiger partial charge < -0.3 is 9.84 Å². The van der Waals surface area contributed by atoms with Crippen molar-refractivity contribution >= 4 is 36.7 Å². The number of aromatic hydroxyl groups is 1. The Labute approximate surface area is 255 Å². The zero-order chi connectivity index (χ0) is 26.8. The molecule has 0 radical (unpaired) electrons. The molecule has 0 spiro atoms. The molecular formula is C32H41Cl2O2SiTi. The molecule has 1 aliphatic carbocycles. The summed E-state index contributed by atoms with van der Waals surface area (Å²) < 4.78 is 6.40. The molecule has 203 valence electrons. The van der Waals surface area contributed by atoms with E-state index in [1.54, 1.807) is 19.2 Å². The summed E-state index contributed by atoms with van der Waals surface area (Å²) in [7, 11) is 0.593. The Balaban J connectivity index is 0.000000538. The van der Waals surface area contributed by atoms with Crippen molar-refractivity contribution < 1.29 is 29.8 Å². The molecule has 0 aliphatic heterocycles. The Morgan fingerprint density at radius 1 is 0.868 bits per heavy atom. The Hall–Kier alpha value is -1.88. The van der Waals surface area contributed by atoms with Crippen molar-refractivity contribution in [3.8, 4) is 11.5 Å². The first-order chi connectivity index (χ1) is 16.9. The van der Waals surface area contributed by atoms with Gasteiger partial charge in [-0.15, -0.1) is 31.2 Å². The molecule has 3 aromatic rings. The number of halogens is 2. The number of hydrogen-bond acceptors (Lipinski definition) is 2. The predicted octanol–water partition coefficient (Wildman–Crippen LogP) is 8.90. The molecule has 0 saturated carbocycles. The van der Waals surface area contributed by atoms with Crippen LogP contribution in [0.4, 0.5) is 0 Å². The van der Waals surface area contributed by atoms with E-state index in [0.29, 0.717) is 5.75 Å². The Morgan fingerprint density at radius 3 is 1.71 bits per heavy atom. The van der Waals surface area contributed by atoms with Crippen LogP contribution in [0.15, 0.2) is 96.2 Å². The molecule has 2 nitrogen and oxygen atoms in total. The van der Waals surface area contributed by atoms with Crippen LogP contribution in [0.25, 0.3) is 0 Å². The summed E-state index contributed by atoms with van der Waals surface area (Å²) in [5.74, 6) is 0.953. The van der Waals surface area contributed by atoms with Crippen molar-refractivity contribution in [1.29, 1.82) is 0 Å². The third kappa shape index (κ3) is 12.3. The fourth-order valence-corrected chi connectivity index (χ4v) is 5.20. The molecule has 0 saturated heterocycles. The van der Waals surface area contributed by atoms with Crippen LogP contribution in [0, 0.1) is 6.08 Å². The molecule has 0 aromatic heterocycles. The minimum absolute atomic E-state index is 0. The number of allylic oxidation sites excluding steroid dienone is 4. The van der Waals surface area contributed by atoms with Crippen LogP contribution in [-0.2, 0) is 25.4 Å². The number of phenols is 1. The van der Waals surface area contributed by atoms with E-state index in [2.05, 4.69) is 127 Å². The molecular weight excluding hydrogens is 563 g/mol. The molecule has 6 heteroatoms. The van der Waals surface area contributed by atoms with Gasteiger partial charge in [0, 0.05) is 14.1 Å². The Kier molecular flexibility index (Phi) is 16.1. The summed E-state index contributed by atoms with van der Waals surface area (Å²) in [6.45, 7) is 13.4. The van der Waals surface area contributed by atoms with Gasteiger partial charge in [-0.1, -0.05) is 40.4 Å². The second-order valence-corrected chi connectivity index (χ2v) is 16.5. The predicted molar refractivity (Wildman–Crippen MR) is 168 cm³/mol. The third-order valence-corrected chi connectivity index (χ3v) is 8.48. The van der Waals surface area contributed by atoms with E-state index in [1.165, 1.54) is 20.1 Å². The second kappa shape index (κ2) is 16.9. The van der Waals surface area contributed by atoms with Gasteiger partial charge in [0.2, 0.25) is 0 Å². The maximum atomic E-state index is 9.41. The quantitative estimate of drug-likeness (QED) is 0.238. The van der Waals surface area contributed by atoms with Crippen LogP contribution in [0.1, 0.15) is 43.9 Å². The normalized spacial score (nSPS) is 11.9. The minimum atomic E-state index is -1.01. The fraction of sp³-hybridized carbons (Fsp3) is 0.281. The molecule has 4 rings (SSSR count). The molecule has 0 unspecified atom stereocenters. The van der Waals surface area contributed by atoms with E-state index in [4.69, 9.17) is 4.74 Å². The zero-order valence-corrected chi connectivity index (χ0v) is 27.7. The number of benzene rings is 3. The van der Waals surface area contributed by atoms with Gasteiger partial charge in [0.05, 0.1) is 7.11 Å². The fourth-order valence-electron chi connectivity index (χ4n) is 3.43.